The molecular weight excluding hydrogens is 290 g/mol. The third kappa shape index (κ3) is 6.76. The molecule has 6 nitrogen and oxygen atoms in total. The standard InChI is InChI=1S/C14H27N3O3S/c1-21(19,20)16-7-3-9-17-8-2-4-13(11-17)14(18)15-10-12-5-6-12/h12-13,16H,2-11H2,1H3,(H,15,18). The van der Waals surface area contributed by atoms with Gasteiger partial charge in [0.25, 0.3) is 0 Å². The Kier molecular flexibility index (Phi) is 6.01. The fraction of sp³-hybridized carbons (Fsp3) is 0.929. The molecule has 0 aromatic carbocycles. The summed E-state index contributed by atoms with van der Waals surface area (Å²) in [5.41, 5.74) is 0. The van der Waals surface area contributed by atoms with Crippen LogP contribution in [0.1, 0.15) is 32.1 Å². The Hall–Kier alpha value is -0.660. The van der Waals surface area contributed by atoms with E-state index in [1.165, 1.54) is 19.1 Å². The molecule has 2 aliphatic rings. The predicted octanol–water partition coefficient (Wildman–Crippen LogP) is 0.164. The van der Waals surface area contributed by atoms with E-state index in [9.17, 15) is 13.2 Å². The van der Waals surface area contributed by atoms with Gasteiger partial charge in [-0.3, -0.25) is 4.79 Å². The van der Waals surface area contributed by atoms with E-state index >= 15 is 0 Å². The van der Waals surface area contributed by atoms with Crippen LogP contribution in [0, 0.1) is 11.8 Å². The van der Waals surface area contributed by atoms with Gasteiger partial charge in [-0.1, -0.05) is 0 Å². The maximum absolute atomic E-state index is 12.1. The number of hydrogen-bond acceptors (Lipinski definition) is 4. The van der Waals surface area contributed by atoms with E-state index in [-0.39, 0.29) is 11.8 Å². The summed E-state index contributed by atoms with van der Waals surface area (Å²) in [6.45, 7) is 3.96. The second-order valence-electron chi connectivity index (χ2n) is 6.35. The molecule has 0 aromatic heterocycles. The number of nitrogens with zero attached hydrogens (tertiary/aromatic N) is 1. The first-order valence-electron chi connectivity index (χ1n) is 7.89. The molecule has 2 rings (SSSR count). The van der Waals surface area contributed by atoms with Crippen molar-refractivity contribution in [3.63, 3.8) is 0 Å². The second-order valence-corrected chi connectivity index (χ2v) is 8.18. The molecule has 0 radical (unpaired) electrons. The van der Waals surface area contributed by atoms with Crippen LogP contribution >= 0.6 is 0 Å². The number of likely N-dealkylation sites (tertiary alicyclic amines) is 1. The van der Waals surface area contributed by atoms with Gasteiger partial charge in [-0.25, -0.2) is 13.1 Å². The van der Waals surface area contributed by atoms with E-state index in [2.05, 4.69) is 14.9 Å². The smallest absolute Gasteiger partial charge is 0.224 e. The highest BCUT2D eigenvalue weighted by Crippen LogP contribution is 2.27. The van der Waals surface area contributed by atoms with E-state index < -0.39 is 10.0 Å². The Morgan fingerprint density at radius 2 is 2.05 bits per heavy atom. The molecule has 21 heavy (non-hydrogen) atoms. The van der Waals surface area contributed by atoms with Crippen LogP contribution in [0.4, 0.5) is 0 Å². The number of nitrogens with one attached hydrogen (secondary N) is 2. The fourth-order valence-electron chi connectivity index (χ4n) is 2.74. The van der Waals surface area contributed by atoms with Gasteiger partial charge in [0.1, 0.15) is 0 Å². The number of sulfonamides is 1. The largest absolute Gasteiger partial charge is 0.356 e. The van der Waals surface area contributed by atoms with Crippen LogP contribution in [-0.4, -0.2) is 58.2 Å². The van der Waals surface area contributed by atoms with E-state index in [1.807, 2.05) is 0 Å². The highest BCUT2D eigenvalue weighted by molar-refractivity contribution is 7.88. The molecule has 1 aliphatic carbocycles. The minimum Gasteiger partial charge on any atom is -0.356 e. The van der Waals surface area contributed by atoms with Crippen LogP contribution in [-0.2, 0) is 14.8 Å². The lowest BCUT2D eigenvalue weighted by molar-refractivity contribution is -0.126. The first-order valence-corrected chi connectivity index (χ1v) is 9.78. The van der Waals surface area contributed by atoms with Crippen molar-refractivity contribution in [2.75, 3.05) is 39.0 Å². The Morgan fingerprint density at radius 1 is 1.29 bits per heavy atom. The lowest BCUT2D eigenvalue weighted by Crippen LogP contribution is -2.44. The second kappa shape index (κ2) is 7.56. The van der Waals surface area contributed by atoms with Gasteiger partial charge in [0, 0.05) is 19.6 Å². The zero-order valence-electron chi connectivity index (χ0n) is 12.8. The number of rotatable bonds is 8. The molecule has 2 fully saturated rings. The topological polar surface area (TPSA) is 78.5 Å². The summed E-state index contributed by atoms with van der Waals surface area (Å²) in [6, 6.07) is 0. The van der Waals surface area contributed by atoms with E-state index in [0.717, 1.165) is 51.4 Å². The van der Waals surface area contributed by atoms with Crippen LogP contribution in [0.3, 0.4) is 0 Å². The monoisotopic (exact) mass is 317 g/mol. The number of piperidine rings is 1. The third-order valence-corrected chi connectivity index (χ3v) is 4.88. The van der Waals surface area contributed by atoms with Gasteiger partial charge in [0.2, 0.25) is 15.9 Å². The molecular formula is C14H27N3O3S. The summed E-state index contributed by atoms with van der Waals surface area (Å²) in [5.74, 6) is 1.01. The minimum atomic E-state index is -3.09. The quantitative estimate of drug-likeness (QED) is 0.625. The Labute approximate surface area is 127 Å². The van der Waals surface area contributed by atoms with Gasteiger partial charge >= 0.3 is 0 Å². The molecule has 1 saturated heterocycles. The molecule has 1 saturated carbocycles. The zero-order valence-corrected chi connectivity index (χ0v) is 13.6. The lowest BCUT2D eigenvalue weighted by Gasteiger charge is -2.32. The van der Waals surface area contributed by atoms with Gasteiger partial charge in [0.15, 0.2) is 0 Å². The Bertz CT molecular complexity index is 448. The molecule has 7 heteroatoms. The maximum atomic E-state index is 12.1. The van der Waals surface area contributed by atoms with Crippen molar-refractivity contribution >= 4 is 15.9 Å². The number of amides is 1. The summed E-state index contributed by atoms with van der Waals surface area (Å²) in [4.78, 5) is 14.4. The molecule has 0 spiro atoms. The van der Waals surface area contributed by atoms with Crippen molar-refractivity contribution in [2.24, 2.45) is 11.8 Å². The zero-order chi connectivity index (χ0) is 15.3. The summed E-state index contributed by atoms with van der Waals surface area (Å²) in [6.07, 6.45) is 6.47. The Morgan fingerprint density at radius 3 is 2.71 bits per heavy atom. The molecule has 1 aliphatic heterocycles. The number of hydrogen-bond donors (Lipinski definition) is 2. The minimum absolute atomic E-state index is 0.0976. The van der Waals surface area contributed by atoms with Crippen molar-refractivity contribution < 1.29 is 13.2 Å². The summed E-state index contributed by atoms with van der Waals surface area (Å²) < 4.78 is 24.5. The average molecular weight is 317 g/mol. The van der Waals surface area contributed by atoms with Crippen molar-refractivity contribution in [1.82, 2.24) is 14.9 Å². The van der Waals surface area contributed by atoms with Gasteiger partial charge in [0.05, 0.1) is 12.2 Å². The number of carbonyl (C=O) groups excluding carboxylic acids is 1. The molecule has 2 N–H and O–H groups in total. The van der Waals surface area contributed by atoms with Crippen LogP contribution in [0.2, 0.25) is 0 Å². The predicted molar refractivity (Wildman–Crippen MR) is 82.4 cm³/mol. The van der Waals surface area contributed by atoms with Crippen LogP contribution < -0.4 is 10.0 Å². The van der Waals surface area contributed by atoms with Crippen LogP contribution in [0.5, 0.6) is 0 Å². The molecule has 1 heterocycles. The van der Waals surface area contributed by atoms with Gasteiger partial charge in [-0.2, -0.15) is 0 Å². The van der Waals surface area contributed by atoms with E-state index in [1.54, 1.807) is 0 Å². The van der Waals surface area contributed by atoms with Crippen molar-refractivity contribution in [3.05, 3.63) is 0 Å². The summed E-state index contributed by atoms with van der Waals surface area (Å²) in [5, 5.41) is 3.06. The summed E-state index contributed by atoms with van der Waals surface area (Å²) in [7, 11) is -3.09. The lowest BCUT2D eigenvalue weighted by atomic mass is 9.97. The van der Waals surface area contributed by atoms with Crippen molar-refractivity contribution in [1.29, 1.82) is 0 Å². The molecule has 122 valence electrons. The highest BCUT2D eigenvalue weighted by Gasteiger charge is 2.27. The van der Waals surface area contributed by atoms with Crippen LogP contribution in [0.15, 0.2) is 0 Å². The van der Waals surface area contributed by atoms with Crippen molar-refractivity contribution in [2.45, 2.75) is 32.1 Å². The molecule has 1 amide bonds. The molecule has 1 unspecified atom stereocenters. The Balaban J connectivity index is 1.63. The molecule has 1 atom stereocenters. The first kappa shape index (κ1) is 16.7. The van der Waals surface area contributed by atoms with Crippen LogP contribution in [0.25, 0.3) is 0 Å². The summed E-state index contributed by atoms with van der Waals surface area (Å²) >= 11 is 0. The average Bonchev–Trinajstić information content (AvgIpc) is 3.24. The molecule has 0 aromatic rings. The normalized spacial score (nSPS) is 24.0. The fourth-order valence-corrected chi connectivity index (χ4v) is 3.26. The molecule has 0 bridgehead atoms. The highest BCUT2D eigenvalue weighted by atomic mass is 32.2. The number of carbonyl (C=O) groups is 1. The first-order chi connectivity index (χ1) is 9.94. The van der Waals surface area contributed by atoms with Gasteiger partial charge in [-0.15, -0.1) is 0 Å². The van der Waals surface area contributed by atoms with E-state index in [4.69, 9.17) is 0 Å². The SMILES string of the molecule is CS(=O)(=O)NCCCN1CCCC(C(=O)NCC2CC2)C1. The van der Waals surface area contributed by atoms with Gasteiger partial charge in [-0.05, 0) is 51.1 Å². The van der Waals surface area contributed by atoms with Crippen molar-refractivity contribution in [3.8, 4) is 0 Å². The maximum Gasteiger partial charge on any atom is 0.224 e. The van der Waals surface area contributed by atoms with E-state index in [0.29, 0.717) is 6.54 Å². The van der Waals surface area contributed by atoms with Gasteiger partial charge < -0.3 is 10.2 Å². The third-order valence-electron chi connectivity index (χ3n) is 4.15.